The minimum atomic E-state index is -3.69. The van der Waals surface area contributed by atoms with Gasteiger partial charge in [-0.05, 0) is 31.4 Å². The quantitative estimate of drug-likeness (QED) is 0.673. The molecule has 1 aliphatic heterocycles. The fourth-order valence-corrected chi connectivity index (χ4v) is 4.64. The molecular weight excluding hydrogens is 370 g/mol. The Labute approximate surface area is 160 Å². The second-order valence-electron chi connectivity index (χ2n) is 7.24. The molecule has 27 heavy (non-hydrogen) atoms. The predicted molar refractivity (Wildman–Crippen MR) is 100 cm³/mol. The van der Waals surface area contributed by atoms with Gasteiger partial charge < -0.3 is 14.1 Å². The lowest BCUT2D eigenvalue weighted by Gasteiger charge is -2.41. The minimum absolute atomic E-state index is 0.00534. The highest BCUT2D eigenvalue weighted by Gasteiger charge is 2.33. The lowest BCUT2D eigenvalue weighted by atomic mass is 10.1. The summed E-state index contributed by atoms with van der Waals surface area (Å²) in [6.45, 7) is 5.62. The number of carbonyl (C=O) groups excluding carboxylic acids is 1. The maximum Gasteiger partial charge on any atom is 0.289 e. The summed E-state index contributed by atoms with van der Waals surface area (Å²) in [7, 11) is -2.00. The average Bonchev–Trinajstić information content (AvgIpc) is 3.29. The smallest absolute Gasteiger partial charge is 0.289 e. The Hall–Kier alpha value is -1.42. The molecule has 9 heteroatoms. The van der Waals surface area contributed by atoms with Crippen LogP contribution in [0.15, 0.2) is 21.6 Å². The number of nitrogens with zero attached hydrogens (tertiary/aromatic N) is 2. The van der Waals surface area contributed by atoms with E-state index in [1.54, 1.807) is 12.0 Å². The number of hydrogen-bond donors (Lipinski definition) is 1. The third-order valence-electron chi connectivity index (χ3n) is 5.05. The largest absolute Gasteiger partial charge is 0.438 e. The highest BCUT2D eigenvalue weighted by atomic mass is 32.2. The summed E-state index contributed by atoms with van der Waals surface area (Å²) in [6.07, 6.45) is 3.72. The Balaban J connectivity index is 1.65. The van der Waals surface area contributed by atoms with Gasteiger partial charge in [-0.1, -0.05) is 13.3 Å². The van der Waals surface area contributed by atoms with Crippen LogP contribution in [-0.4, -0.2) is 76.1 Å². The van der Waals surface area contributed by atoms with Crippen LogP contribution in [0.5, 0.6) is 0 Å². The molecule has 8 nitrogen and oxygen atoms in total. The number of ether oxygens (including phenoxy) is 1. The molecule has 0 radical (unpaired) electrons. The first-order valence-corrected chi connectivity index (χ1v) is 11.1. The van der Waals surface area contributed by atoms with Crippen LogP contribution in [0.1, 0.15) is 43.2 Å². The lowest BCUT2D eigenvalue weighted by Crippen LogP contribution is -2.55. The van der Waals surface area contributed by atoms with E-state index in [9.17, 15) is 13.2 Å². The topological polar surface area (TPSA) is 92.1 Å². The molecule has 1 aromatic heterocycles. The average molecular weight is 400 g/mol. The van der Waals surface area contributed by atoms with Gasteiger partial charge in [-0.25, -0.2) is 13.1 Å². The number of sulfonamides is 1. The van der Waals surface area contributed by atoms with Gasteiger partial charge in [0.1, 0.15) is 0 Å². The van der Waals surface area contributed by atoms with E-state index in [4.69, 9.17) is 9.15 Å². The Kier molecular flexibility index (Phi) is 6.56. The zero-order valence-corrected chi connectivity index (χ0v) is 16.8. The highest BCUT2D eigenvalue weighted by Crippen LogP contribution is 2.24. The molecule has 1 saturated heterocycles. The molecule has 0 unspecified atom stereocenters. The monoisotopic (exact) mass is 399 g/mol. The zero-order valence-electron chi connectivity index (χ0n) is 16.0. The molecule has 2 heterocycles. The van der Waals surface area contributed by atoms with Crippen molar-refractivity contribution < 1.29 is 22.4 Å². The Bertz CT molecular complexity index is 744. The van der Waals surface area contributed by atoms with Gasteiger partial charge in [0.2, 0.25) is 5.09 Å². The van der Waals surface area contributed by atoms with E-state index in [2.05, 4.69) is 16.5 Å². The zero-order chi connectivity index (χ0) is 19.4. The van der Waals surface area contributed by atoms with Crippen molar-refractivity contribution in [2.75, 3.05) is 39.9 Å². The van der Waals surface area contributed by atoms with Gasteiger partial charge >= 0.3 is 0 Å². The van der Waals surface area contributed by atoms with E-state index in [1.165, 1.54) is 12.1 Å². The van der Waals surface area contributed by atoms with E-state index >= 15 is 0 Å². The van der Waals surface area contributed by atoms with Crippen molar-refractivity contribution in [1.82, 2.24) is 14.5 Å². The molecule has 1 aliphatic carbocycles. The number of carbonyl (C=O) groups is 1. The summed E-state index contributed by atoms with van der Waals surface area (Å²) >= 11 is 0. The molecule has 1 amide bonds. The molecule has 1 aromatic rings. The van der Waals surface area contributed by atoms with Gasteiger partial charge in [0.15, 0.2) is 5.76 Å². The standard InChI is InChI=1S/C18H29N3O5S/c1-3-4-15-13-21(10-9-20(15)11-12-25-2)18(22)16-7-8-17(26-16)27(23,24)19-14-5-6-14/h7-8,14-15,19H,3-6,9-13H2,1-2H3/t15-/m1/s1. The minimum Gasteiger partial charge on any atom is -0.438 e. The van der Waals surface area contributed by atoms with E-state index in [0.29, 0.717) is 19.7 Å². The summed E-state index contributed by atoms with van der Waals surface area (Å²) in [5.74, 6) is -0.179. The third-order valence-corrected chi connectivity index (χ3v) is 6.45. The van der Waals surface area contributed by atoms with Gasteiger partial charge in [-0.2, -0.15) is 0 Å². The maximum absolute atomic E-state index is 12.8. The van der Waals surface area contributed by atoms with Gasteiger partial charge in [-0.3, -0.25) is 9.69 Å². The normalized spacial score (nSPS) is 21.6. The summed E-state index contributed by atoms with van der Waals surface area (Å²) < 4.78 is 37.6. The molecular formula is C18H29N3O5S. The number of nitrogens with one attached hydrogen (secondary N) is 1. The van der Waals surface area contributed by atoms with Crippen LogP contribution in [0.4, 0.5) is 0 Å². The van der Waals surface area contributed by atoms with Crippen LogP contribution in [0.2, 0.25) is 0 Å². The van der Waals surface area contributed by atoms with E-state index in [1.807, 2.05) is 0 Å². The van der Waals surface area contributed by atoms with Crippen molar-refractivity contribution in [3.05, 3.63) is 17.9 Å². The molecule has 2 fully saturated rings. The maximum atomic E-state index is 12.8. The summed E-state index contributed by atoms with van der Waals surface area (Å²) in [5, 5.41) is -0.193. The number of amides is 1. The first kappa shape index (κ1) is 20.3. The second kappa shape index (κ2) is 8.72. The molecule has 3 rings (SSSR count). The van der Waals surface area contributed by atoms with E-state index in [-0.39, 0.29) is 28.8 Å². The van der Waals surface area contributed by atoms with Gasteiger partial charge in [0.05, 0.1) is 6.61 Å². The summed E-state index contributed by atoms with van der Waals surface area (Å²) in [6, 6.07) is 3.08. The molecule has 152 valence electrons. The molecule has 0 spiro atoms. The third kappa shape index (κ3) is 5.10. The van der Waals surface area contributed by atoms with E-state index < -0.39 is 10.0 Å². The van der Waals surface area contributed by atoms with Crippen LogP contribution in [0.3, 0.4) is 0 Å². The number of furan rings is 1. The number of methoxy groups -OCH3 is 1. The number of rotatable bonds is 9. The molecule has 0 bridgehead atoms. The van der Waals surface area contributed by atoms with Crippen LogP contribution < -0.4 is 4.72 Å². The van der Waals surface area contributed by atoms with Crippen molar-refractivity contribution in [3.63, 3.8) is 0 Å². The van der Waals surface area contributed by atoms with E-state index in [0.717, 1.165) is 38.8 Å². The molecule has 2 aliphatic rings. The van der Waals surface area contributed by atoms with Gasteiger partial charge in [0.25, 0.3) is 15.9 Å². The van der Waals surface area contributed by atoms with Gasteiger partial charge in [0, 0.05) is 45.4 Å². The Morgan fingerprint density at radius 1 is 1.33 bits per heavy atom. The van der Waals surface area contributed by atoms with Crippen molar-refractivity contribution in [3.8, 4) is 0 Å². The van der Waals surface area contributed by atoms with Crippen molar-refractivity contribution in [2.45, 2.75) is 49.8 Å². The molecule has 0 aromatic carbocycles. The highest BCUT2D eigenvalue weighted by molar-refractivity contribution is 7.89. The fraction of sp³-hybridized carbons (Fsp3) is 0.722. The summed E-state index contributed by atoms with van der Waals surface area (Å²) in [5.41, 5.74) is 0. The lowest BCUT2D eigenvalue weighted by molar-refractivity contribution is 0.0347. The second-order valence-corrected chi connectivity index (χ2v) is 8.88. The number of piperazine rings is 1. The van der Waals surface area contributed by atoms with Crippen LogP contribution in [0.25, 0.3) is 0 Å². The molecule has 1 saturated carbocycles. The Morgan fingerprint density at radius 3 is 2.78 bits per heavy atom. The Morgan fingerprint density at radius 2 is 2.11 bits per heavy atom. The van der Waals surface area contributed by atoms with Gasteiger partial charge in [-0.15, -0.1) is 0 Å². The molecule has 1 N–H and O–H groups in total. The van der Waals surface area contributed by atoms with Crippen LogP contribution >= 0.6 is 0 Å². The first-order chi connectivity index (χ1) is 12.9. The SMILES string of the molecule is CCC[C@@H]1CN(C(=O)c2ccc(S(=O)(=O)NC3CC3)o2)CCN1CCOC. The van der Waals surface area contributed by atoms with Crippen LogP contribution in [-0.2, 0) is 14.8 Å². The van der Waals surface area contributed by atoms with Crippen LogP contribution in [0, 0.1) is 0 Å². The van der Waals surface area contributed by atoms with Crippen molar-refractivity contribution in [2.24, 2.45) is 0 Å². The molecule has 1 atom stereocenters. The first-order valence-electron chi connectivity index (χ1n) is 9.59. The predicted octanol–water partition coefficient (Wildman–Crippen LogP) is 1.29. The fourth-order valence-electron chi connectivity index (χ4n) is 3.40. The van der Waals surface area contributed by atoms with Crippen molar-refractivity contribution >= 4 is 15.9 Å². The summed E-state index contributed by atoms with van der Waals surface area (Å²) in [4.78, 5) is 16.9. The number of hydrogen-bond acceptors (Lipinski definition) is 6. The van der Waals surface area contributed by atoms with Crippen molar-refractivity contribution in [1.29, 1.82) is 0 Å².